The molecule has 6 aliphatic heterocycles. The molecule has 4 saturated heterocycles. The number of anilines is 2. The molecule has 378 valence electrons. The summed E-state index contributed by atoms with van der Waals surface area (Å²) in [6.45, 7) is 28.3. The Kier molecular flexibility index (Phi) is 16.5. The third kappa shape index (κ3) is 11.0. The molecule has 8 rings (SSSR count). The number of fused-ring (bicyclic) bond motifs is 4. The van der Waals surface area contributed by atoms with Crippen LogP contribution in [0.4, 0.5) is 21.0 Å². The summed E-state index contributed by atoms with van der Waals surface area (Å²) in [4.78, 5) is 60.9. The zero-order valence-corrected chi connectivity index (χ0v) is 43.1. The van der Waals surface area contributed by atoms with Gasteiger partial charge < -0.3 is 47.8 Å². The van der Waals surface area contributed by atoms with Gasteiger partial charge in [0.05, 0.1) is 34.7 Å². The van der Waals surface area contributed by atoms with Gasteiger partial charge in [-0.1, -0.05) is 46.1 Å². The molecular weight excluding hydrogens is 901 g/mol. The van der Waals surface area contributed by atoms with E-state index in [0.29, 0.717) is 68.1 Å². The first-order valence-corrected chi connectivity index (χ1v) is 27.6. The van der Waals surface area contributed by atoms with Crippen LogP contribution in [0.2, 0.25) is 18.1 Å². The molecule has 8 atom stereocenters. The summed E-state index contributed by atoms with van der Waals surface area (Å²) in [5.41, 5.74) is 5.61. The lowest BCUT2D eigenvalue weighted by atomic mass is 10.0. The van der Waals surface area contributed by atoms with E-state index < -0.39 is 63.7 Å². The number of benzene rings is 2. The molecule has 17 heteroatoms. The van der Waals surface area contributed by atoms with Crippen LogP contribution >= 0.6 is 0 Å². The van der Waals surface area contributed by atoms with Crippen molar-refractivity contribution in [3.63, 3.8) is 0 Å². The van der Waals surface area contributed by atoms with Crippen LogP contribution < -0.4 is 9.80 Å². The zero-order valence-electron chi connectivity index (χ0n) is 42.1. The second-order valence-electron chi connectivity index (χ2n) is 20.6. The van der Waals surface area contributed by atoms with E-state index in [1.165, 1.54) is 22.0 Å². The minimum absolute atomic E-state index is 0.0161. The monoisotopic (exact) mass is 975 g/mol. The fourth-order valence-electron chi connectivity index (χ4n) is 9.69. The van der Waals surface area contributed by atoms with E-state index in [9.17, 15) is 24.3 Å². The second-order valence-corrected chi connectivity index (χ2v) is 25.3. The maximum atomic E-state index is 14.1. The molecule has 6 aliphatic rings. The Morgan fingerprint density at radius 2 is 1.13 bits per heavy atom. The Hall–Kier alpha value is -4.62. The van der Waals surface area contributed by atoms with Crippen LogP contribution in [-0.4, -0.2) is 136 Å². The highest BCUT2D eigenvalue weighted by Crippen LogP contribution is 2.44. The van der Waals surface area contributed by atoms with Crippen LogP contribution in [-0.2, 0) is 32.8 Å². The number of nitrogens with zero attached hydrogens (tertiary/aromatic N) is 4. The van der Waals surface area contributed by atoms with Gasteiger partial charge >= 0.3 is 12.2 Å². The molecule has 0 aromatic heterocycles. The van der Waals surface area contributed by atoms with Crippen molar-refractivity contribution in [1.82, 2.24) is 9.80 Å². The van der Waals surface area contributed by atoms with Crippen LogP contribution in [0, 0.1) is 27.7 Å². The quantitative estimate of drug-likeness (QED) is 0.178. The minimum Gasteiger partial charge on any atom is -0.445 e. The first kappa shape index (κ1) is 52.2. The van der Waals surface area contributed by atoms with Gasteiger partial charge in [-0.2, -0.15) is 0 Å². The molecule has 2 aromatic rings. The summed E-state index contributed by atoms with van der Waals surface area (Å²) in [7, 11) is -2.21. The van der Waals surface area contributed by atoms with Gasteiger partial charge in [0, 0.05) is 26.3 Å². The molecule has 0 spiro atoms. The highest BCUT2D eigenvalue weighted by atomic mass is 28.4. The van der Waals surface area contributed by atoms with Crippen LogP contribution in [0.1, 0.15) is 115 Å². The molecule has 2 aromatic carbocycles. The van der Waals surface area contributed by atoms with E-state index in [-0.39, 0.29) is 36.2 Å². The Morgan fingerprint density at radius 1 is 0.696 bits per heavy atom. The van der Waals surface area contributed by atoms with Gasteiger partial charge in [0.2, 0.25) is 0 Å². The number of rotatable bonds is 10. The van der Waals surface area contributed by atoms with Gasteiger partial charge in [-0.15, -0.1) is 0 Å². The van der Waals surface area contributed by atoms with E-state index in [1.807, 2.05) is 50.8 Å². The number of aryl methyl sites for hydroxylation is 4. The average molecular weight is 975 g/mol. The van der Waals surface area contributed by atoms with Crippen molar-refractivity contribution in [2.45, 2.75) is 167 Å². The Balaban J connectivity index is 0.000000208. The Morgan fingerprint density at radius 3 is 1.57 bits per heavy atom. The van der Waals surface area contributed by atoms with Crippen LogP contribution in [0.3, 0.4) is 0 Å². The molecule has 69 heavy (non-hydrogen) atoms. The number of aliphatic hydroxyl groups excluding tert-OH is 1. The van der Waals surface area contributed by atoms with Gasteiger partial charge in [0.15, 0.2) is 33.4 Å². The number of hydrogen-bond acceptors (Lipinski definition) is 12. The van der Waals surface area contributed by atoms with Crippen molar-refractivity contribution in [3.8, 4) is 0 Å². The standard InChI is InChI=1S/C29H44N2O6Si.C23H30N2O6/c1-9-15-35-28(33)31-22-18-20(3)19(2)17-21(22)26(32)30-14-13-23(37-38(7,8)29(4,5)6)25(30)27(31)36-24-12-10-11-16-34-24;1-4-10-30-23(28)25-17-13-15(3)14(2)12-16(17)21(27)24-9-8-18(26)20(24)22(25)31-19-7-5-6-11-29-19/h9,17-18,23-25,27H,1,10-16H2,2-8H3;4,12-13,18-20,22,26H,1,5-11H2,2-3H3/t23-,24?,25-,27?;18-,19?,20-,22?/m00/s1. The van der Waals surface area contributed by atoms with E-state index in [2.05, 4.69) is 47.0 Å². The molecular formula is C52H74N4O12Si. The van der Waals surface area contributed by atoms with Crippen molar-refractivity contribution >= 4 is 43.7 Å². The number of hydrogen-bond donors (Lipinski definition) is 1. The molecule has 4 unspecified atom stereocenters. The summed E-state index contributed by atoms with van der Waals surface area (Å²) < 4.78 is 42.6. The third-order valence-corrected chi connectivity index (χ3v) is 19.3. The summed E-state index contributed by atoms with van der Waals surface area (Å²) in [6, 6.07) is 6.14. The maximum absolute atomic E-state index is 14.1. The fraction of sp³-hybridized carbons (Fsp3) is 0.615. The van der Waals surface area contributed by atoms with E-state index in [0.717, 1.165) is 54.4 Å². The minimum atomic E-state index is -2.21. The van der Waals surface area contributed by atoms with E-state index >= 15 is 0 Å². The lowest BCUT2D eigenvalue weighted by molar-refractivity contribution is -0.200. The van der Waals surface area contributed by atoms with Crippen molar-refractivity contribution in [2.24, 2.45) is 0 Å². The normalized spacial score (nSPS) is 26.9. The molecule has 16 nitrogen and oxygen atoms in total. The van der Waals surface area contributed by atoms with Crippen molar-refractivity contribution in [3.05, 3.63) is 83.0 Å². The predicted molar refractivity (Wildman–Crippen MR) is 264 cm³/mol. The lowest BCUT2D eigenvalue weighted by Crippen LogP contribution is -2.59. The third-order valence-electron chi connectivity index (χ3n) is 14.8. The van der Waals surface area contributed by atoms with Crippen LogP contribution in [0.15, 0.2) is 49.6 Å². The first-order chi connectivity index (χ1) is 32.8. The van der Waals surface area contributed by atoms with E-state index in [4.69, 9.17) is 32.8 Å². The molecule has 1 N–H and O–H groups in total. The average Bonchev–Trinajstić information content (AvgIpc) is 3.86. The van der Waals surface area contributed by atoms with Gasteiger partial charge in [0.25, 0.3) is 11.8 Å². The summed E-state index contributed by atoms with van der Waals surface area (Å²) in [5.74, 6) is -0.344. The molecule has 0 radical (unpaired) electrons. The van der Waals surface area contributed by atoms with Gasteiger partial charge in [-0.05, 0) is 144 Å². The number of amides is 4. The molecule has 0 bridgehead atoms. The van der Waals surface area contributed by atoms with Gasteiger partial charge in [0.1, 0.15) is 25.3 Å². The smallest absolute Gasteiger partial charge is 0.416 e. The fourth-order valence-corrected chi connectivity index (χ4v) is 11.1. The van der Waals surface area contributed by atoms with Crippen molar-refractivity contribution in [2.75, 3.05) is 49.3 Å². The molecule has 0 aliphatic carbocycles. The topological polar surface area (TPSA) is 166 Å². The largest absolute Gasteiger partial charge is 0.445 e. The zero-order chi connectivity index (χ0) is 49.9. The summed E-state index contributed by atoms with van der Waals surface area (Å²) in [5, 5.41) is 10.8. The lowest BCUT2D eigenvalue weighted by Gasteiger charge is -2.43. The molecule has 4 fully saturated rings. The number of carbonyl (C=O) groups excluding carboxylic acids is 4. The maximum Gasteiger partial charge on any atom is 0.416 e. The molecule has 0 saturated carbocycles. The van der Waals surface area contributed by atoms with Gasteiger partial charge in [-0.25, -0.2) is 19.4 Å². The number of carbonyl (C=O) groups is 4. The van der Waals surface area contributed by atoms with Crippen molar-refractivity contribution < 1.29 is 57.1 Å². The number of aliphatic hydroxyl groups is 1. The SMILES string of the molecule is C=CCOC(=O)N1c2cc(C)c(C)cc2C(=O)N2CC[C@H](O)[C@H]2C1OC1CCCCO1.C=CCOC(=O)N1c2cc(C)c(C)cc2C(=O)N2CC[C@H](O[Si](C)(C)C(C)(C)C)[C@H]2C1OC1CCCCO1. The second kappa shape index (κ2) is 21.8. The molecule has 4 amide bonds. The van der Waals surface area contributed by atoms with E-state index in [1.54, 1.807) is 11.0 Å². The Bertz CT molecular complexity index is 2240. The van der Waals surface area contributed by atoms with Crippen molar-refractivity contribution in [1.29, 1.82) is 0 Å². The van der Waals surface area contributed by atoms with Gasteiger partial charge in [-0.3, -0.25) is 9.59 Å². The predicted octanol–water partition coefficient (Wildman–Crippen LogP) is 8.81. The Labute approximate surface area is 408 Å². The highest BCUT2D eigenvalue weighted by Gasteiger charge is 2.55. The highest BCUT2D eigenvalue weighted by molar-refractivity contribution is 6.74. The van der Waals surface area contributed by atoms with Crippen LogP contribution in [0.25, 0.3) is 0 Å². The van der Waals surface area contributed by atoms with Crippen LogP contribution in [0.5, 0.6) is 0 Å². The number of ether oxygens (including phenoxy) is 6. The molecule has 6 heterocycles. The summed E-state index contributed by atoms with van der Waals surface area (Å²) in [6.07, 6.45) is 4.23. The first-order valence-electron chi connectivity index (χ1n) is 24.7. The summed E-state index contributed by atoms with van der Waals surface area (Å²) >= 11 is 0.